The molecule has 0 saturated heterocycles. The van der Waals surface area contributed by atoms with Gasteiger partial charge in [0.15, 0.2) is 0 Å². The van der Waals surface area contributed by atoms with E-state index in [1.165, 1.54) is 0 Å². The van der Waals surface area contributed by atoms with Gasteiger partial charge in [0.05, 0.1) is 0 Å². The minimum atomic E-state index is -0.348. The Morgan fingerprint density at radius 1 is 0.611 bits per heavy atom. The van der Waals surface area contributed by atoms with Crippen LogP contribution in [0.4, 0.5) is 8.78 Å². The Labute approximate surface area is 109 Å². The molecule has 18 heavy (non-hydrogen) atoms. The second-order valence-electron chi connectivity index (χ2n) is 5.96. The number of benzene rings is 1. The molecule has 0 amide bonds. The molecule has 1 rings (SSSR count). The zero-order valence-corrected chi connectivity index (χ0v) is 12.5. The highest BCUT2D eigenvalue weighted by molar-refractivity contribution is 5.45. The lowest BCUT2D eigenvalue weighted by Gasteiger charge is -2.23. The van der Waals surface area contributed by atoms with Crippen molar-refractivity contribution in [3.05, 3.63) is 33.9 Å². The Morgan fingerprint density at radius 3 is 1.11 bits per heavy atom. The Morgan fingerprint density at radius 2 is 0.889 bits per heavy atom. The molecular weight excluding hydrogens is 230 g/mol. The summed E-state index contributed by atoms with van der Waals surface area (Å²) in [6, 6.07) is 0. The van der Waals surface area contributed by atoms with E-state index in [9.17, 15) is 8.78 Å². The fourth-order valence-corrected chi connectivity index (χ4v) is 2.74. The van der Waals surface area contributed by atoms with Gasteiger partial charge in [-0.15, -0.1) is 0 Å². The maximum Gasteiger partial charge on any atom is 0.133 e. The summed E-state index contributed by atoms with van der Waals surface area (Å²) in [6.07, 6.45) is 0. The molecule has 0 heterocycles. The zero-order valence-electron chi connectivity index (χ0n) is 12.5. The maximum atomic E-state index is 14.5. The van der Waals surface area contributed by atoms with Crippen LogP contribution in [0.15, 0.2) is 0 Å². The summed E-state index contributed by atoms with van der Waals surface area (Å²) in [6.45, 7) is 13.3. The molecule has 1 aromatic carbocycles. The fourth-order valence-electron chi connectivity index (χ4n) is 2.74. The lowest BCUT2D eigenvalue weighted by molar-refractivity contribution is 0.510. The molecule has 1 aromatic rings. The third-order valence-corrected chi connectivity index (χ3v) is 3.49. The van der Waals surface area contributed by atoms with Gasteiger partial charge in [0.25, 0.3) is 0 Å². The Bertz CT molecular complexity index is 355. The van der Waals surface area contributed by atoms with Crippen molar-refractivity contribution in [1.29, 1.82) is 0 Å². The van der Waals surface area contributed by atoms with E-state index >= 15 is 0 Å². The second kappa shape index (κ2) is 5.38. The van der Waals surface area contributed by atoms with Gasteiger partial charge in [-0.1, -0.05) is 41.5 Å². The molecule has 2 heteroatoms. The molecule has 0 unspecified atom stereocenters. The van der Waals surface area contributed by atoms with E-state index in [0.717, 1.165) is 5.56 Å². The molecule has 102 valence electrons. The Hall–Kier alpha value is -0.920. The van der Waals surface area contributed by atoms with Gasteiger partial charge in [-0.25, -0.2) is 8.78 Å². The predicted octanol–water partition coefficient (Wildman–Crippen LogP) is 5.64. The van der Waals surface area contributed by atoms with Crippen molar-refractivity contribution in [2.75, 3.05) is 0 Å². The van der Waals surface area contributed by atoms with Crippen LogP contribution < -0.4 is 0 Å². The van der Waals surface area contributed by atoms with Crippen LogP contribution >= 0.6 is 0 Å². The number of rotatable bonds is 3. The smallest absolute Gasteiger partial charge is 0.133 e. The third-order valence-electron chi connectivity index (χ3n) is 3.49. The topological polar surface area (TPSA) is 0 Å². The van der Waals surface area contributed by atoms with Crippen LogP contribution in [0.25, 0.3) is 0 Å². The first-order valence-electron chi connectivity index (χ1n) is 6.71. The Balaban J connectivity index is 3.76. The van der Waals surface area contributed by atoms with Gasteiger partial charge in [-0.05, 0) is 41.4 Å². The van der Waals surface area contributed by atoms with Gasteiger partial charge < -0.3 is 0 Å². The van der Waals surface area contributed by atoms with Crippen LogP contribution in [0.1, 0.15) is 81.5 Å². The van der Waals surface area contributed by atoms with Gasteiger partial charge in [-0.3, -0.25) is 0 Å². The molecule has 0 aliphatic rings. The average molecular weight is 254 g/mol. The van der Waals surface area contributed by atoms with Gasteiger partial charge in [0, 0.05) is 5.56 Å². The minimum absolute atomic E-state index is 0.0700. The van der Waals surface area contributed by atoms with E-state index < -0.39 is 0 Å². The van der Waals surface area contributed by atoms with Crippen LogP contribution in [-0.2, 0) is 0 Å². The molecule has 0 aromatic heterocycles. The normalized spacial score (nSPS) is 12.0. The van der Waals surface area contributed by atoms with Crippen molar-refractivity contribution in [3.63, 3.8) is 0 Å². The predicted molar refractivity (Wildman–Crippen MR) is 73.4 cm³/mol. The fraction of sp³-hybridized carbons (Fsp3) is 0.625. The monoisotopic (exact) mass is 254 g/mol. The van der Waals surface area contributed by atoms with Crippen LogP contribution in [-0.4, -0.2) is 0 Å². The van der Waals surface area contributed by atoms with Gasteiger partial charge in [0.1, 0.15) is 11.6 Å². The zero-order chi connectivity index (χ0) is 14.2. The third kappa shape index (κ3) is 2.43. The van der Waals surface area contributed by atoms with Crippen molar-refractivity contribution in [2.45, 2.75) is 66.2 Å². The molecule has 0 atom stereocenters. The largest absolute Gasteiger partial charge is 0.206 e. The quantitative estimate of drug-likeness (QED) is 0.654. The molecule has 0 aliphatic carbocycles. The lowest BCUT2D eigenvalue weighted by Crippen LogP contribution is -2.12. The van der Waals surface area contributed by atoms with Gasteiger partial charge in [-0.2, -0.15) is 0 Å². The molecule has 0 spiro atoms. The highest BCUT2D eigenvalue weighted by atomic mass is 19.1. The van der Waals surface area contributed by atoms with E-state index in [4.69, 9.17) is 0 Å². The summed E-state index contributed by atoms with van der Waals surface area (Å²) in [4.78, 5) is 0. The van der Waals surface area contributed by atoms with Crippen molar-refractivity contribution in [3.8, 4) is 0 Å². The summed E-state index contributed by atoms with van der Waals surface area (Å²) < 4.78 is 29.0. The average Bonchev–Trinajstić information content (AvgIpc) is 2.14. The van der Waals surface area contributed by atoms with Crippen molar-refractivity contribution in [1.82, 2.24) is 0 Å². The lowest BCUT2D eigenvalue weighted by atomic mass is 9.84. The molecule has 0 saturated carbocycles. The van der Waals surface area contributed by atoms with Crippen molar-refractivity contribution in [2.24, 2.45) is 0 Å². The van der Waals surface area contributed by atoms with Crippen molar-refractivity contribution < 1.29 is 8.78 Å². The number of hydrogen-bond donors (Lipinski definition) is 0. The summed E-state index contributed by atoms with van der Waals surface area (Å²) in [7, 11) is 0. The summed E-state index contributed by atoms with van der Waals surface area (Å²) in [5.41, 5.74) is 2.36. The second-order valence-corrected chi connectivity index (χ2v) is 5.96. The van der Waals surface area contributed by atoms with Crippen LogP contribution in [0.5, 0.6) is 0 Å². The first-order chi connectivity index (χ1) is 8.20. The first-order valence-corrected chi connectivity index (χ1v) is 6.71. The molecule has 0 fully saturated rings. The molecule has 0 aliphatic heterocycles. The van der Waals surface area contributed by atoms with Crippen LogP contribution in [0.3, 0.4) is 0 Å². The van der Waals surface area contributed by atoms with E-state index in [0.29, 0.717) is 11.1 Å². The number of hydrogen-bond acceptors (Lipinski definition) is 0. The van der Waals surface area contributed by atoms with Gasteiger partial charge in [0.2, 0.25) is 0 Å². The summed E-state index contributed by atoms with van der Waals surface area (Å²) in [5.74, 6) is -0.694. The highest BCUT2D eigenvalue weighted by Crippen LogP contribution is 2.37. The van der Waals surface area contributed by atoms with Gasteiger partial charge >= 0.3 is 0 Å². The van der Waals surface area contributed by atoms with E-state index in [2.05, 4.69) is 0 Å². The van der Waals surface area contributed by atoms with E-state index in [-0.39, 0.29) is 35.0 Å². The van der Waals surface area contributed by atoms with Crippen LogP contribution in [0.2, 0.25) is 0 Å². The standard InChI is InChI=1S/C16H24F2/c1-8(2)12-11(7)13(9(3)4)16(18)14(10(5)6)15(12)17/h8-10H,1-7H3. The molecule has 0 nitrogen and oxygen atoms in total. The summed E-state index contributed by atoms with van der Waals surface area (Å²) >= 11 is 0. The SMILES string of the molecule is Cc1c(C(C)C)c(F)c(C(C)C)c(F)c1C(C)C. The first kappa shape index (κ1) is 15.1. The molecular formula is C16H24F2. The van der Waals surface area contributed by atoms with Crippen LogP contribution in [0, 0.1) is 18.6 Å². The number of halogens is 2. The summed E-state index contributed by atoms with van der Waals surface area (Å²) in [5, 5.41) is 0. The molecule has 0 bridgehead atoms. The molecule has 0 radical (unpaired) electrons. The van der Waals surface area contributed by atoms with Crippen molar-refractivity contribution >= 4 is 0 Å². The maximum absolute atomic E-state index is 14.5. The van der Waals surface area contributed by atoms with E-state index in [1.807, 2.05) is 48.5 Å². The highest BCUT2D eigenvalue weighted by Gasteiger charge is 2.26. The Kier molecular flexibility index (Phi) is 4.52. The molecule has 0 N–H and O–H groups in total. The van der Waals surface area contributed by atoms with E-state index in [1.54, 1.807) is 0 Å². The minimum Gasteiger partial charge on any atom is -0.206 e.